The summed E-state index contributed by atoms with van der Waals surface area (Å²) in [5.41, 5.74) is 1.95. The minimum absolute atomic E-state index is 0.102. The van der Waals surface area contributed by atoms with Gasteiger partial charge < -0.3 is 9.73 Å². The highest BCUT2D eigenvalue weighted by Crippen LogP contribution is 2.21. The standard InChI is InChI=1S/C20H22ClN3O5S2/c1-12-4-5-13(10-15(12)21)22-19(25)16(8-9-30-3)23-31(27,28)14-6-7-17-18(11-14)29-20(26)24(17)2/h4-7,10-11,16,23H,8-9H2,1-3H3,(H,22,25). The van der Waals surface area contributed by atoms with E-state index in [4.69, 9.17) is 16.0 Å². The van der Waals surface area contributed by atoms with E-state index >= 15 is 0 Å². The van der Waals surface area contributed by atoms with Crippen molar-refractivity contribution in [1.29, 1.82) is 0 Å². The van der Waals surface area contributed by atoms with Gasteiger partial charge in [-0.3, -0.25) is 9.36 Å². The summed E-state index contributed by atoms with van der Waals surface area (Å²) in [6.07, 6.45) is 2.16. The van der Waals surface area contributed by atoms with Crippen molar-refractivity contribution in [3.8, 4) is 0 Å². The van der Waals surface area contributed by atoms with Crippen LogP contribution in [0.15, 0.2) is 50.5 Å². The molecule has 0 aliphatic rings. The number of rotatable bonds is 8. The fourth-order valence-electron chi connectivity index (χ4n) is 2.92. The van der Waals surface area contributed by atoms with Crippen molar-refractivity contribution in [3.63, 3.8) is 0 Å². The maximum Gasteiger partial charge on any atom is 0.419 e. The predicted octanol–water partition coefficient (Wildman–Crippen LogP) is 3.13. The third-order valence-electron chi connectivity index (χ3n) is 4.74. The summed E-state index contributed by atoms with van der Waals surface area (Å²) < 4.78 is 34.7. The molecule has 11 heteroatoms. The van der Waals surface area contributed by atoms with Gasteiger partial charge in [0.05, 0.1) is 10.4 Å². The number of nitrogens with one attached hydrogen (secondary N) is 2. The Kier molecular flexibility index (Phi) is 7.15. The Balaban J connectivity index is 1.85. The van der Waals surface area contributed by atoms with E-state index in [0.717, 1.165) is 5.56 Å². The summed E-state index contributed by atoms with van der Waals surface area (Å²) in [4.78, 5) is 24.4. The van der Waals surface area contributed by atoms with Gasteiger partial charge in [-0.1, -0.05) is 17.7 Å². The van der Waals surface area contributed by atoms with Gasteiger partial charge in [0, 0.05) is 23.8 Å². The number of aryl methyl sites for hydroxylation is 2. The number of nitrogens with zero attached hydrogens (tertiary/aromatic N) is 1. The summed E-state index contributed by atoms with van der Waals surface area (Å²) in [5.74, 6) is -0.515. The molecule has 0 fully saturated rings. The molecule has 3 rings (SSSR count). The predicted molar refractivity (Wildman–Crippen MR) is 123 cm³/mol. The molecule has 0 aliphatic carbocycles. The average Bonchev–Trinajstić information content (AvgIpc) is 3.01. The van der Waals surface area contributed by atoms with Gasteiger partial charge in [0.15, 0.2) is 5.58 Å². The van der Waals surface area contributed by atoms with Crippen LogP contribution in [-0.2, 0) is 21.9 Å². The quantitative estimate of drug-likeness (QED) is 0.509. The highest BCUT2D eigenvalue weighted by Gasteiger charge is 2.26. The first-order chi connectivity index (χ1) is 14.6. The van der Waals surface area contributed by atoms with Crippen molar-refractivity contribution in [2.45, 2.75) is 24.3 Å². The van der Waals surface area contributed by atoms with Crippen LogP contribution in [0, 0.1) is 6.92 Å². The molecule has 166 valence electrons. The molecule has 3 aromatic rings. The van der Waals surface area contributed by atoms with Crippen molar-refractivity contribution in [3.05, 3.63) is 57.5 Å². The molecule has 8 nitrogen and oxygen atoms in total. The molecule has 1 amide bonds. The number of thioether (sulfide) groups is 1. The smallest absolute Gasteiger partial charge is 0.408 e. The summed E-state index contributed by atoms with van der Waals surface area (Å²) in [7, 11) is -2.53. The van der Waals surface area contributed by atoms with Crippen LogP contribution in [0.4, 0.5) is 5.69 Å². The summed E-state index contributed by atoms with van der Waals surface area (Å²) in [5, 5.41) is 3.21. The fourth-order valence-corrected chi connectivity index (χ4v) is 4.81. The van der Waals surface area contributed by atoms with Crippen LogP contribution in [0.1, 0.15) is 12.0 Å². The zero-order valence-electron chi connectivity index (χ0n) is 17.1. The van der Waals surface area contributed by atoms with Crippen molar-refractivity contribution in [2.24, 2.45) is 7.05 Å². The Labute approximate surface area is 189 Å². The fraction of sp³-hybridized carbons (Fsp3) is 0.300. The van der Waals surface area contributed by atoms with Gasteiger partial charge in [-0.25, -0.2) is 13.2 Å². The number of halogens is 1. The maximum atomic E-state index is 13.0. The van der Waals surface area contributed by atoms with Gasteiger partial charge in [0.1, 0.15) is 6.04 Å². The van der Waals surface area contributed by atoms with Crippen LogP contribution in [0.25, 0.3) is 11.1 Å². The number of carbonyl (C=O) groups is 1. The van der Waals surface area contributed by atoms with E-state index in [-0.39, 0.29) is 16.9 Å². The average molecular weight is 484 g/mol. The normalized spacial score (nSPS) is 12.8. The van der Waals surface area contributed by atoms with E-state index in [1.165, 1.54) is 41.6 Å². The van der Waals surface area contributed by atoms with Gasteiger partial charge >= 0.3 is 5.76 Å². The zero-order chi connectivity index (χ0) is 22.8. The highest BCUT2D eigenvalue weighted by atomic mass is 35.5. The number of hydrogen-bond donors (Lipinski definition) is 2. The number of anilines is 1. The Morgan fingerprint density at radius 3 is 2.68 bits per heavy atom. The van der Waals surface area contributed by atoms with Crippen LogP contribution < -0.4 is 15.8 Å². The molecule has 0 aliphatic heterocycles. The minimum Gasteiger partial charge on any atom is -0.408 e. The van der Waals surface area contributed by atoms with E-state index in [1.54, 1.807) is 18.2 Å². The molecule has 1 heterocycles. The number of fused-ring (bicyclic) bond motifs is 1. The second kappa shape index (κ2) is 9.47. The first-order valence-electron chi connectivity index (χ1n) is 9.30. The molecule has 0 spiro atoms. The van der Waals surface area contributed by atoms with E-state index in [0.29, 0.717) is 22.0 Å². The largest absolute Gasteiger partial charge is 0.419 e. The lowest BCUT2D eigenvalue weighted by Gasteiger charge is -2.18. The SMILES string of the molecule is CSCCC(NS(=O)(=O)c1ccc2c(c1)oc(=O)n2C)C(=O)Nc1ccc(C)c(Cl)c1. The first-order valence-corrected chi connectivity index (χ1v) is 12.6. The molecule has 0 saturated heterocycles. The van der Waals surface area contributed by atoms with Crippen LogP contribution >= 0.6 is 23.4 Å². The third-order valence-corrected chi connectivity index (χ3v) is 7.26. The van der Waals surface area contributed by atoms with Gasteiger partial charge in [0.25, 0.3) is 0 Å². The lowest BCUT2D eigenvalue weighted by atomic mass is 10.2. The number of benzene rings is 2. The van der Waals surface area contributed by atoms with E-state index in [1.807, 2.05) is 13.2 Å². The molecule has 1 aromatic heterocycles. The molecule has 0 saturated carbocycles. The highest BCUT2D eigenvalue weighted by molar-refractivity contribution is 7.98. The molecule has 1 unspecified atom stereocenters. The molecular formula is C20H22ClN3O5S2. The summed E-state index contributed by atoms with van der Waals surface area (Å²) in [6.45, 7) is 1.84. The number of oxazole rings is 1. The first kappa shape index (κ1) is 23.4. The third kappa shape index (κ3) is 5.32. The van der Waals surface area contributed by atoms with E-state index in [9.17, 15) is 18.0 Å². The van der Waals surface area contributed by atoms with Gasteiger partial charge in [-0.15, -0.1) is 0 Å². The zero-order valence-corrected chi connectivity index (χ0v) is 19.5. The second-order valence-corrected chi connectivity index (χ2v) is 10.1. The van der Waals surface area contributed by atoms with Crippen molar-refractivity contribution < 1.29 is 17.6 Å². The molecule has 1 atom stereocenters. The minimum atomic E-state index is -4.05. The molecule has 2 aromatic carbocycles. The van der Waals surface area contributed by atoms with Gasteiger partial charge in [-0.2, -0.15) is 16.5 Å². The monoisotopic (exact) mass is 483 g/mol. The molecule has 0 bridgehead atoms. The Morgan fingerprint density at radius 1 is 1.26 bits per heavy atom. The van der Waals surface area contributed by atoms with Crippen LogP contribution in [-0.4, -0.2) is 36.9 Å². The van der Waals surface area contributed by atoms with Gasteiger partial charge in [-0.05, 0) is 55.2 Å². The van der Waals surface area contributed by atoms with Crippen LogP contribution in [0.2, 0.25) is 5.02 Å². The van der Waals surface area contributed by atoms with Crippen molar-refractivity contribution >= 4 is 56.1 Å². The lowest BCUT2D eigenvalue weighted by Crippen LogP contribution is -2.44. The number of aromatic nitrogens is 1. The van der Waals surface area contributed by atoms with E-state index < -0.39 is 27.7 Å². The number of amides is 1. The van der Waals surface area contributed by atoms with Crippen molar-refractivity contribution in [2.75, 3.05) is 17.3 Å². The molecule has 0 radical (unpaired) electrons. The Morgan fingerprint density at radius 2 is 2.00 bits per heavy atom. The van der Waals surface area contributed by atoms with E-state index in [2.05, 4.69) is 10.0 Å². The Hall–Kier alpha value is -2.27. The lowest BCUT2D eigenvalue weighted by molar-refractivity contribution is -0.117. The summed E-state index contributed by atoms with van der Waals surface area (Å²) >= 11 is 7.61. The van der Waals surface area contributed by atoms with Crippen molar-refractivity contribution in [1.82, 2.24) is 9.29 Å². The topological polar surface area (TPSA) is 110 Å². The number of hydrogen-bond acceptors (Lipinski definition) is 6. The van der Waals surface area contributed by atoms with Crippen LogP contribution in [0.5, 0.6) is 0 Å². The van der Waals surface area contributed by atoms with Gasteiger partial charge in [0.2, 0.25) is 15.9 Å². The molecule has 2 N–H and O–H groups in total. The molecular weight excluding hydrogens is 462 g/mol. The molecule has 31 heavy (non-hydrogen) atoms. The second-order valence-electron chi connectivity index (χ2n) is 6.97. The Bertz CT molecular complexity index is 1280. The number of sulfonamides is 1. The summed E-state index contributed by atoms with van der Waals surface area (Å²) in [6, 6.07) is 8.19. The number of carbonyl (C=O) groups excluding carboxylic acids is 1. The maximum absolute atomic E-state index is 13.0. The van der Waals surface area contributed by atoms with Crippen LogP contribution in [0.3, 0.4) is 0 Å².